The molecule has 2 aliphatic carbocycles. The van der Waals surface area contributed by atoms with Crippen LogP contribution in [0.5, 0.6) is 0 Å². The molecule has 4 aliphatic rings. The van der Waals surface area contributed by atoms with Gasteiger partial charge in [-0.05, 0) is 25.2 Å². The van der Waals surface area contributed by atoms with Crippen molar-refractivity contribution >= 4 is 11.9 Å². The molecule has 15 heavy (non-hydrogen) atoms. The van der Waals surface area contributed by atoms with Crippen LogP contribution < -0.4 is 0 Å². The summed E-state index contributed by atoms with van der Waals surface area (Å²) in [6.45, 7) is 0.691. The first-order valence-electron chi connectivity index (χ1n) is 5.72. The van der Waals surface area contributed by atoms with Crippen LogP contribution in [0.2, 0.25) is 0 Å². The van der Waals surface area contributed by atoms with Crippen LogP contribution in [0.3, 0.4) is 0 Å². The van der Waals surface area contributed by atoms with E-state index in [0.29, 0.717) is 6.54 Å². The molecular weight excluding hydrogens is 194 g/mol. The summed E-state index contributed by atoms with van der Waals surface area (Å²) in [7, 11) is 0. The van der Waals surface area contributed by atoms with Crippen LogP contribution >= 0.6 is 0 Å². The lowest BCUT2D eigenvalue weighted by molar-refractivity contribution is -0.149. The average molecular weight is 209 g/mol. The quantitative estimate of drug-likeness (QED) is 0.729. The fourth-order valence-electron chi connectivity index (χ4n) is 3.13. The largest absolute Gasteiger partial charge is 0.481 e. The molecule has 2 saturated carbocycles. The Morgan fingerprint density at radius 2 is 2.00 bits per heavy atom. The first-order chi connectivity index (χ1) is 7.18. The Hall–Kier alpha value is -1.06. The average Bonchev–Trinajstić information content (AvgIpc) is 2.53. The summed E-state index contributed by atoms with van der Waals surface area (Å²) in [5, 5.41) is 8.99. The topological polar surface area (TPSA) is 57.6 Å². The van der Waals surface area contributed by atoms with E-state index in [-0.39, 0.29) is 29.7 Å². The number of nitrogens with zero attached hydrogens (tertiary/aromatic N) is 1. The Labute approximate surface area is 88.2 Å². The van der Waals surface area contributed by atoms with Crippen molar-refractivity contribution in [2.75, 3.05) is 6.54 Å². The first-order valence-corrected chi connectivity index (χ1v) is 5.72. The molecule has 82 valence electrons. The van der Waals surface area contributed by atoms with E-state index in [1.807, 2.05) is 4.90 Å². The van der Waals surface area contributed by atoms with E-state index < -0.39 is 5.97 Å². The smallest absolute Gasteiger partial charge is 0.308 e. The molecule has 0 radical (unpaired) electrons. The van der Waals surface area contributed by atoms with Crippen LogP contribution in [-0.4, -0.2) is 34.5 Å². The standard InChI is InChI=1S/C11H15NO3/c13-10(6-2-1-3-6)12-5-7-4-8(12)9(7)11(14)15/h6-9H,1-5H2,(H,14,15). The maximum atomic E-state index is 12.0. The maximum Gasteiger partial charge on any atom is 0.308 e. The molecule has 2 heterocycles. The van der Waals surface area contributed by atoms with Crippen molar-refractivity contribution in [3.63, 3.8) is 0 Å². The second-order valence-electron chi connectivity index (χ2n) is 5.05. The Bertz CT molecular complexity index is 324. The second-order valence-corrected chi connectivity index (χ2v) is 5.05. The van der Waals surface area contributed by atoms with Crippen LogP contribution in [0, 0.1) is 17.8 Å². The SMILES string of the molecule is O=C(O)C1C2CC1N(C(=O)C1CCC1)C2. The fraction of sp³-hybridized carbons (Fsp3) is 0.818. The summed E-state index contributed by atoms with van der Waals surface area (Å²) in [4.78, 5) is 24.7. The number of aliphatic carboxylic acids is 1. The van der Waals surface area contributed by atoms with Gasteiger partial charge in [-0.1, -0.05) is 6.42 Å². The molecule has 4 heteroatoms. The Morgan fingerprint density at radius 1 is 1.27 bits per heavy atom. The van der Waals surface area contributed by atoms with Crippen molar-refractivity contribution < 1.29 is 14.7 Å². The van der Waals surface area contributed by atoms with Crippen LogP contribution in [0.1, 0.15) is 25.7 Å². The monoisotopic (exact) mass is 209 g/mol. The van der Waals surface area contributed by atoms with Gasteiger partial charge in [0, 0.05) is 18.5 Å². The normalized spacial score (nSPS) is 38.4. The van der Waals surface area contributed by atoms with Crippen molar-refractivity contribution in [2.45, 2.75) is 31.7 Å². The molecule has 3 atom stereocenters. The van der Waals surface area contributed by atoms with Crippen LogP contribution in [0.25, 0.3) is 0 Å². The van der Waals surface area contributed by atoms with Crippen molar-refractivity contribution in [3.05, 3.63) is 0 Å². The zero-order chi connectivity index (χ0) is 10.6. The van der Waals surface area contributed by atoms with Crippen LogP contribution in [-0.2, 0) is 9.59 Å². The predicted molar refractivity (Wildman–Crippen MR) is 52.1 cm³/mol. The predicted octanol–water partition coefficient (Wildman–Crippen LogP) is 0.718. The van der Waals surface area contributed by atoms with Crippen LogP contribution in [0.4, 0.5) is 0 Å². The van der Waals surface area contributed by atoms with Gasteiger partial charge in [0.15, 0.2) is 0 Å². The minimum absolute atomic E-state index is 0.0144. The van der Waals surface area contributed by atoms with E-state index in [4.69, 9.17) is 5.11 Å². The lowest BCUT2D eigenvalue weighted by Crippen LogP contribution is -2.47. The number of carbonyl (C=O) groups excluding carboxylic acids is 1. The number of amides is 1. The first kappa shape index (κ1) is 9.19. The molecule has 3 unspecified atom stereocenters. The highest BCUT2D eigenvalue weighted by Crippen LogP contribution is 2.47. The molecule has 4 nitrogen and oxygen atoms in total. The van der Waals surface area contributed by atoms with Gasteiger partial charge in [0.25, 0.3) is 0 Å². The second kappa shape index (κ2) is 2.97. The molecule has 0 aromatic heterocycles. The Balaban J connectivity index is 1.70. The fourth-order valence-corrected chi connectivity index (χ4v) is 3.13. The van der Waals surface area contributed by atoms with E-state index in [1.165, 1.54) is 0 Å². The van der Waals surface area contributed by atoms with Gasteiger partial charge in [-0.15, -0.1) is 0 Å². The van der Waals surface area contributed by atoms with E-state index in [9.17, 15) is 9.59 Å². The maximum absolute atomic E-state index is 12.0. The minimum atomic E-state index is -0.722. The van der Waals surface area contributed by atoms with Crippen molar-refractivity contribution in [1.29, 1.82) is 0 Å². The van der Waals surface area contributed by atoms with Gasteiger partial charge in [0.2, 0.25) is 5.91 Å². The third-order valence-corrected chi connectivity index (χ3v) is 4.32. The molecule has 2 saturated heterocycles. The molecule has 2 aliphatic heterocycles. The summed E-state index contributed by atoms with van der Waals surface area (Å²) >= 11 is 0. The molecule has 1 amide bonds. The number of carboxylic acid groups (broad SMARTS) is 1. The lowest BCUT2D eigenvalue weighted by atomic mass is 9.74. The molecule has 2 bridgehead atoms. The van der Waals surface area contributed by atoms with Gasteiger partial charge < -0.3 is 10.0 Å². The number of carbonyl (C=O) groups is 2. The molecule has 0 aromatic carbocycles. The number of carboxylic acids is 1. The molecule has 0 spiro atoms. The Kier molecular flexibility index (Phi) is 1.82. The van der Waals surface area contributed by atoms with Gasteiger partial charge in [-0.3, -0.25) is 9.59 Å². The summed E-state index contributed by atoms with van der Waals surface area (Å²) < 4.78 is 0. The molecule has 4 fully saturated rings. The highest BCUT2D eigenvalue weighted by atomic mass is 16.4. The highest BCUT2D eigenvalue weighted by Gasteiger charge is 2.57. The van der Waals surface area contributed by atoms with Crippen LogP contribution in [0.15, 0.2) is 0 Å². The van der Waals surface area contributed by atoms with Gasteiger partial charge in [-0.2, -0.15) is 0 Å². The molecule has 4 rings (SSSR count). The number of rotatable bonds is 2. The number of fused-ring (bicyclic) bond motifs is 1. The molecule has 0 aromatic rings. The van der Waals surface area contributed by atoms with E-state index >= 15 is 0 Å². The van der Waals surface area contributed by atoms with Gasteiger partial charge in [-0.25, -0.2) is 0 Å². The number of hydrogen-bond donors (Lipinski definition) is 1. The van der Waals surface area contributed by atoms with Crippen molar-refractivity contribution in [3.8, 4) is 0 Å². The summed E-state index contributed by atoms with van der Waals surface area (Å²) in [6.07, 6.45) is 4.07. The highest BCUT2D eigenvalue weighted by molar-refractivity contribution is 5.83. The number of hydrogen-bond acceptors (Lipinski definition) is 2. The van der Waals surface area contributed by atoms with E-state index in [0.717, 1.165) is 25.7 Å². The van der Waals surface area contributed by atoms with Gasteiger partial charge in [0.1, 0.15) is 0 Å². The zero-order valence-corrected chi connectivity index (χ0v) is 8.56. The zero-order valence-electron chi connectivity index (χ0n) is 8.56. The van der Waals surface area contributed by atoms with Gasteiger partial charge >= 0.3 is 5.97 Å². The van der Waals surface area contributed by atoms with E-state index in [2.05, 4.69) is 0 Å². The summed E-state index contributed by atoms with van der Waals surface area (Å²) in [6, 6.07) is 0.0144. The van der Waals surface area contributed by atoms with Gasteiger partial charge in [0.05, 0.1) is 5.92 Å². The lowest BCUT2D eigenvalue weighted by Gasteiger charge is -2.35. The third kappa shape index (κ3) is 1.13. The molecule has 1 N–H and O–H groups in total. The third-order valence-electron chi connectivity index (χ3n) is 4.32. The minimum Gasteiger partial charge on any atom is -0.481 e. The van der Waals surface area contributed by atoms with Crippen molar-refractivity contribution in [2.24, 2.45) is 17.8 Å². The summed E-state index contributed by atoms with van der Waals surface area (Å²) in [5.74, 6) is -0.331. The summed E-state index contributed by atoms with van der Waals surface area (Å²) in [5.41, 5.74) is 0. The Morgan fingerprint density at radius 3 is 2.47 bits per heavy atom. The molecular formula is C11H15NO3. The van der Waals surface area contributed by atoms with Crippen molar-refractivity contribution in [1.82, 2.24) is 4.90 Å². The van der Waals surface area contributed by atoms with E-state index in [1.54, 1.807) is 0 Å².